The molecule has 1 aliphatic heterocycles. The van der Waals surface area contributed by atoms with Crippen LogP contribution in [0.3, 0.4) is 0 Å². The van der Waals surface area contributed by atoms with Gasteiger partial charge in [-0.3, -0.25) is 0 Å². The van der Waals surface area contributed by atoms with E-state index in [1.165, 1.54) is 30.4 Å². The standard InChI is InChI=1S/C18H27NO/c1-12-7-8-14(11-13(12)2)18-16-5-4-6-17(20-3)15(16)9-10-19-18/h4-6,12-14,18-19H,7-11H2,1-3H3. The van der Waals surface area contributed by atoms with E-state index in [-0.39, 0.29) is 0 Å². The van der Waals surface area contributed by atoms with E-state index in [1.807, 2.05) is 0 Å². The minimum atomic E-state index is 0.531. The lowest BCUT2D eigenvalue weighted by Gasteiger charge is -2.40. The van der Waals surface area contributed by atoms with Crippen LogP contribution < -0.4 is 10.1 Å². The second kappa shape index (κ2) is 5.77. The van der Waals surface area contributed by atoms with E-state index >= 15 is 0 Å². The van der Waals surface area contributed by atoms with E-state index < -0.39 is 0 Å². The van der Waals surface area contributed by atoms with Gasteiger partial charge in [-0.05, 0) is 55.2 Å². The second-order valence-corrected chi connectivity index (χ2v) is 6.74. The van der Waals surface area contributed by atoms with Gasteiger partial charge in [0.2, 0.25) is 0 Å². The summed E-state index contributed by atoms with van der Waals surface area (Å²) in [5, 5.41) is 3.78. The van der Waals surface area contributed by atoms with E-state index in [0.29, 0.717) is 6.04 Å². The van der Waals surface area contributed by atoms with Crippen molar-refractivity contribution in [2.45, 2.75) is 45.6 Å². The highest BCUT2D eigenvalue weighted by Gasteiger charge is 2.33. The lowest BCUT2D eigenvalue weighted by Crippen LogP contribution is -2.37. The van der Waals surface area contributed by atoms with Crippen molar-refractivity contribution in [3.63, 3.8) is 0 Å². The third-order valence-electron chi connectivity index (χ3n) is 5.57. The molecule has 1 N–H and O–H groups in total. The molecule has 1 aromatic rings. The smallest absolute Gasteiger partial charge is 0.122 e. The third-order valence-corrected chi connectivity index (χ3v) is 5.57. The van der Waals surface area contributed by atoms with Crippen LogP contribution in [0, 0.1) is 17.8 Å². The molecule has 4 atom stereocenters. The fourth-order valence-corrected chi connectivity index (χ4v) is 4.11. The maximum Gasteiger partial charge on any atom is 0.122 e. The molecule has 1 fully saturated rings. The normalized spacial score (nSPS) is 33.5. The molecule has 1 aliphatic carbocycles. The zero-order chi connectivity index (χ0) is 14.1. The van der Waals surface area contributed by atoms with Crippen LogP contribution in [0.2, 0.25) is 0 Å². The Hall–Kier alpha value is -1.02. The van der Waals surface area contributed by atoms with Gasteiger partial charge in [-0.2, -0.15) is 0 Å². The number of ether oxygens (including phenoxy) is 1. The molecular weight excluding hydrogens is 246 g/mol. The lowest BCUT2D eigenvalue weighted by molar-refractivity contribution is 0.168. The van der Waals surface area contributed by atoms with Crippen molar-refractivity contribution >= 4 is 0 Å². The highest BCUT2D eigenvalue weighted by molar-refractivity contribution is 5.43. The summed E-state index contributed by atoms with van der Waals surface area (Å²) in [6, 6.07) is 7.08. The van der Waals surface area contributed by atoms with Crippen molar-refractivity contribution in [1.82, 2.24) is 5.32 Å². The molecule has 1 heterocycles. The molecule has 110 valence electrons. The Labute approximate surface area is 122 Å². The highest BCUT2D eigenvalue weighted by atomic mass is 16.5. The number of hydrogen-bond donors (Lipinski definition) is 1. The number of rotatable bonds is 2. The Kier molecular flexibility index (Phi) is 4.02. The summed E-state index contributed by atoms with van der Waals surface area (Å²) in [4.78, 5) is 0. The molecule has 20 heavy (non-hydrogen) atoms. The van der Waals surface area contributed by atoms with Crippen LogP contribution in [-0.4, -0.2) is 13.7 Å². The summed E-state index contributed by atoms with van der Waals surface area (Å²) in [6.07, 6.45) is 5.19. The molecule has 2 heteroatoms. The number of hydrogen-bond acceptors (Lipinski definition) is 2. The van der Waals surface area contributed by atoms with Gasteiger partial charge >= 0.3 is 0 Å². The van der Waals surface area contributed by atoms with E-state index in [4.69, 9.17) is 4.74 Å². The van der Waals surface area contributed by atoms with E-state index in [2.05, 4.69) is 37.4 Å². The SMILES string of the molecule is COc1cccc2c1CCNC2C1CCC(C)C(C)C1. The van der Waals surface area contributed by atoms with Gasteiger partial charge in [-0.1, -0.05) is 32.4 Å². The van der Waals surface area contributed by atoms with Gasteiger partial charge < -0.3 is 10.1 Å². The number of methoxy groups -OCH3 is 1. The molecule has 2 nitrogen and oxygen atoms in total. The third kappa shape index (κ3) is 2.46. The maximum atomic E-state index is 5.56. The van der Waals surface area contributed by atoms with Crippen molar-refractivity contribution in [2.75, 3.05) is 13.7 Å². The molecule has 2 aliphatic rings. The molecule has 3 rings (SSSR count). The summed E-state index contributed by atoms with van der Waals surface area (Å²) in [5.74, 6) is 3.60. The Morgan fingerprint density at radius 2 is 2.00 bits per heavy atom. The fraction of sp³-hybridized carbons (Fsp3) is 0.667. The van der Waals surface area contributed by atoms with Gasteiger partial charge in [0.25, 0.3) is 0 Å². The summed E-state index contributed by atoms with van der Waals surface area (Å²) < 4.78 is 5.56. The molecular formula is C18H27NO. The predicted octanol–water partition coefficient (Wildman–Crippen LogP) is 3.95. The van der Waals surface area contributed by atoms with Gasteiger partial charge in [0.15, 0.2) is 0 Å². The summed E-state index contributed by atoms with van der Waals surface area (Å²) >= 11 is 0. The van der Waals surface area contributed by atoms with Crippen LogP contribution in [0.15, 0.2) is 18.2 Å². The van der Waals surface area contributed by atoms with Crippen molar-refractivity contribution < 1.29 is 4.74 Å². The Morgan fingerprint density at radius 1 is 1.15 bits per heavy atom. The maximum absolute atomic E-state index is 5.56. The van der Waals surface area contributed by atoms with Gasteiger partial charge in [-0.25, -0.2) is 0 Å². The van der Waals surface area contributed by atoms with Crippen molar-refractivity contribution in [3.8, 4) is 5.75 Å². The average Bonchev–Trinajstić information content (AvgIpc) is 2.49. The van der Waals surface area contributed by atoms with Gasteiger partial charge in [0, 0.05) is 11.6 Å². The molecule has 0 saturated heterocycles. The van der Waals surface area contributed by atoms with Crippen LogP contribution in [0.25, 0.3) is 0 Å². The largest absolute Gasteiger partial charge is 0.496 e. The zero-order valence-electron chi connectivity index (χ0n) is 13.0. The van der Waals surface area contributed by atoms with E-state index in [9.17, 15) is 0 Å². The van der Waals surface area contributed by atoms with Gasteiger partial charge in [0.1, 0.15) is 5.75 Å². The Morgan fingerprint density at radius 3 is 2.75 bits per heavy atom. The molecule has 0 amide bonds. The first-order valence-corrected chi connectivity index (χ1v) is 8.10. The van der Waals surface area contributed by atoms with Crippen LogP contribution in [0.4, 0.5) is 0 Å². The minimum Gasteiger partial charge on any atom is -0.496 e. The first-order valence-electron chi connectivity index (χ1n) is 8.10. The minimum absolute atomic E-state index is 0.531. The van der Waals surface area contributed by atoms with Crippen LogP contribution in [0.5, 0.6) is 5.75 Å². The number of nitrogens with one attached hydrogen (secondary N) is 1. The summed E-state index contributed by atoms with van der Waals surface area (Å²) in [5.41, 5.74) is 2.92. The first kappa shape index (κ1) is 13.9. The summed E-state index contributed by atoms with van der Waals surface area (Å²) in [6.45, 7) is 5.91. The molecule has 0 aromatic heterocycles. The number of fused-ring (bicyclic) bond motifs is 1. The van der Waals surface area contributed by atoms with E-state index in [1.54, 1.807) is 7.11 Å². The second-order valence-electron chi connectivity index (χ2n) is 6.74. The zero-order valence-corrected chi connectivity index (χ0v) is 13.0. The van der Waals surface area contributed by atoms with E-state index in [0.717, 1.165) is 36.5 Å². The monoisotopic (exact) mass is 273 g/mol. The molecule has 0 bridgehead atoms. The quantitative estimate of drug-likeness (QED) is 0.881. The van der Waals surface area contributed by atoms with Crippen LogP contribution in [-0.2, 0) is 6.42 Å². The molecule has 1 saturated carbocycles. The number of benzene rings is 1. The first-order chi connectivity index (χ1) is 9.70. The van der Waals surface area contributed by atoms with Crippen LogP contribution in [0.1, 0.15) is 50.3 Å². The molecule has 1 aromatic carbocycles. The topological polar surface area (TPSA) is 21.3 Å². The van der Waals surface area contributed by atoms with Crippen LogP contribution >= 0.6 is 0 Å². The Balaban J connectivity index is 1.87. The van der Waals surface area contributed by atoms with Gasteiger partial charge in [-0.15, -0.1) is 0 Å². The molecule has 0 radical (unpaired) electrons. The predicted molar refractivity (Wildman–Crippen MR) is 83.1 cm³/mol. The summed E-state index contributed by atoms with van der Waals surface area (Å²) in [7, 11) is 1.79. The van der Waals surface area contributed by atoms with Crippen molar-refractivity contribution in [2.24, 2.45) is 17.8 Å². The molecule has 0 spiro atoms. The molecule has 4 unspecified atom stereocenters. The highest BCUT2D eigenvalue weighted by Crippen LogP contribution is 2.42. The Bertz CT molecular complexity index is 470. The lowest BCUT2D eigenvalue weighted by atomic mass is 9.71. The van der Waals surface area contributed by atoms with Crippen molar-refractivity contribution in [1.29, 1.82) is 0 Å². The van der Waals surface area contributed by atoms with Crippen molar-refractivity contribution in [3.05, 3.63) is 29.3 Å². The van der Waals surface area contributed by atoms with Gasteiger partial charge in [0.05, 0.1) is 7.11 Å². The fourth-order valence-electron chi connectivity index (χ4n) is 4.11. The average molecular weight is 273 g/mol.